The summed E-state index contributed by atoms with van der Waals surface area (Å²) < 4.78 is 5.32. The molecule has 0 aliphatic carbocycles. The number of aliphatic carboxylic acids is 1. The van der Waals surface area contributed by atoms with E-state index in [1.54, 1.807) is 0 Å². The van der Waals surface area contributed by atoms with Gasteiger partial charge in [-0.05, 0) is 38.1 Å². The van der Waals surface area contributed by atoms with E-state index in [0.29, 0.717) is 32.6 Å². The third-order valence-corrected chi connectivity index (χ3v) is 4.61. The predicted molar refractivity (Wildman–Crippen MR) is 69.6 cm³/mol. The van der Waals surface area contributed by atoms with Crippen molar-refractivity contribution in [2.45, 2.75) is 39.0 Å². The van der Waals surface area contributed by atoms with Crippen molar-refractivity contribution in [3.63, 3.8) is 0 Å². The van der Waals surface area contributed by atoms with Gasteiger partial charge in [0.15, 0.2) is 0 Å². The molecule has 2 fully saturated rings. The molecule has 2 aliphatic heterocycles. The Bertz CT molecular complexity index is 287. The smallest absolute Gasteiger partial charge is 0.311 e. The molecule has 0 bridgehead atoms. The Hall–Kier alpha value is -0.610. The lowest BCUT2D eigenvalue weighted by Crippen LogP contribution is -2.49. The second-order valence-electron chi connectivity index (χ2n) is 5.85. The maximum absolute atomic E-state index is 11.6. The average Bonchev–Trinajstić information content (AvgIpc) is 2.40. The van der Waals surface area contributed by atoms with Crippen LogP contribution in [0.4, 0.5) is 0 Å². The van der Waals surface area contributed by atoms with Gasteiger partial charge < -0.3 is 14.7 Å². The molecule has 0 aromatic carbocycles. The lowest BCUT2D eigenvalue weighted by atomic mass is 9.79. The highest BCUT2D eigenvalue weighted by molar-refractivity contribution is 5.75. The fourth-order valence-electron chi connectivity index (χ4n) is 3.26. The van der Waals surface area contributed by atoms with Crippen LogP contribution >= 0.6 is 0 Å². The highest BCUT2D eigenvalue weighted by Gasteiger charge is 2.42. The van der Waals surface area contributed by atoms with Gasteiger partial charge in [-0.3, -0.25) is 4.79 Å². The number of hydrogen-bond acceptors (Lipinski definition) is 3. The molecular weight excluding hydrogens is 230 g/mol. The van der Waals surface area contributed by atoms with Crippen LogP contribution < -0.4 is 0 Å². The second kappa shape index (κ2) is 6.02. The minimum Gasteiger partial charge on any atom is -0.481 e. The first-order valence-corrected chi connectivity index (χ1v) is 7.20. The monoisotopic (exact) mass is 255 g/mol. The fraction of sp³-hybridized carbons (Fsp3) is 0.929. The average molecular weight is 255 g/mol. The molecule has 4 heteroatoms. The van der Waals surface area contributed by atoms with Crippen LogP contribution in [-0.4, -0.2) is 48.8 Å². The molecule has 2 saturated heterocycles. The Labute approximate surface area is 109 Å². The summed E-state index contributed by atoms with van der Waals surface area (Å²) in [6, 6.07) is 0. The minimum atomic E-state index is -0.635. The zero-order valence-electron chi connectivity index (χ0n) is 11.4. The maximum atomic E-state index is 11.6. The van der Waals surface area contributed by atoms with Crippen molar-refractivity contribution >= 4 is 5.97 Å². The summed E-state index contributed by atoms with van der Waals surface area (Å²) in [6.07, 6.45) is 5.05. The Morgan fingerprint density at radius 3 is 2.78 bits per heavy atom. The van der Waals surface area contributed by atoms with E-state index in [4.69, 9.17) is 4.74 Å². The van der Waals surface area contributed by atoms with Crippen molar-refractivity contribution in [2.75, 3.05) is 32.8 Å². The fourth-order valence-corrected chi connectivity index (χ4v) is 3.26. The van der Waals surface area contributed by atoms with E-state index >= 15 is 0 Å². The molecule has 0 saturated carbocycles. The molecule has 1 unspecified atom stereocenters. The van der Waals surface area contributed by atoms with Gasteiger partial charge >= 0.3 is 5.97 Å². The zero-order chi connectivity index (χ0) is 13.0. The van der Waals surface area contributed by atoms with Crippen LogP contribution in [0.15, 0.2) is 0 Å². The van der Waals surface area contributed by atoms with Crippen molar-refractivity contribution in [2.24, 2.45) is 11.3 Å². The Morgan fingerprint density at radius 2 is 2.17 bits per heavy atom. The van der Waals surface area contributed by atoms with E-state index < -0.39 is 11.4 Å². The Morgan fingerprint density at radius 1 is 1.44 bits per heavy atom. The van der Waals surface area contributed by atoms with Gasteiger partial charge in [0.2, 0.25) is 0 Å². The summed E-state index contributed by atoms with van der Waals surface area (Å²) in [5.74, 6) is 0.119. The first-order chi connectivity index (χ1) is 8.66. The molecule has 0 amide bonds. The maximum Gasteiger partial charge on any atom is 0.311 e. The van der Waals surface area contributed by atoms with E-state index in [2.05, 4.69) is 11.8 Å². The van der Waals surface area contributed by atoms with Gasteiger partial charge in [-0.2, -0.15) is 0 Å². The number of carboxylic acids is 1. The molecule has 104 valence electrons. The highest BCUT2D eigenvalue weighted by Crippen LogP contribution is 2.33. The number of hydrogen-bond donors (Lipinski definition) is 1. The lowest BCUT2D eigenvalue weighted by molar-refractivity contribution is -0.157. The van der Waals surface area contributed by atoms with Crippen LogP contribution in [0.5, 0.6) is 0 Å². The summed E-state index contributed by atoms with van der Waals surface area (Å²) in [7, 11) is 0. The largest absolute Gasteiger partial charge is 0.481 e. The van der Waals surface area contributed by atoms with E-state index in [0.717, 1.165) is 19.0 Å². The SMILES string of the molecule is CCC1CCCN(CC2(C(=O)O)CCOCC2)C1. The molecule has 2 rings (SSSR count). The number of carbonyl (C=O) groups is 1. The van der Waals surface area contributed by atoms with Crippen molar-refractivity contribution in [3.05, 3.63) is 0 Å². The van der Waals surface area contributed by atoms with Gasteiger partial charge in [-0.25, -0.2) is 0 Å². The van der Waals surface area contributed by atoms with Gasteiger partial charge in [0, 0.05) is 26.3 Å². The number of likely N-dealkylation sites (tertiary alicyclic amines) is 1. The molecule has 0 spiro atoms. The normalized spacial score (nSPS) is 29.1. The van der Waals surface area contributed by atoms with E-state index in [9.17, 15) is 9.90 Å². The standard InChI is InChI=1S/C14H25NO3/c1-2-12-4-3-7-15(10-12)11-14(13(16)17)5-8-18-9-6-14/h12H,2-11H2,1H3,(H,16,17). The Kier molecular flexibility index (Phi) is 4.62. The molecule has 0 radical (unpaired) electrons. The summed E-state index contributed by atoms with van der Waals surface area (Å²) in [6.45, 7) is 6.27. The van der Waals surface area contributed by atoms with Gasteiger partial charge in [-0.1, -0.05) is 13.3 Å². The second-order valence-corrected chi connectivity index (χ2v) is 5.85. The van der Waals surface area contributed by atoms with E-state index in [1.165, 1.54) is 19.3 Å². The van der Waals surface area contributed by atoms with Gasteiger partial charge in [-0.15, -0.1) is 0 Å². The molecule has 2 heterocycles. The van der Waals surface area contributed by atoms with Gasteiger partial charge in [0.05, 0.1) is 5.41 Å². The molecule has 1 N–H and O–H groups in total. The van der Waals surface area contributed by atoms with Gasteiger partial charge in [0.1, 0.15) is 0 Å². The summed E-state index contributed by atoms with van der Waals surface area (Å²) >= 11 is 0. The molecular formula is C14H25NO3. The predicted octanol–water partition coefficient (Wildman–Crippen LogP) is 1.99. The number of nitrogens with zero attached hydrogens (tertiary/aromatic N) is 1. The number of rotatable bonds is 4. The molecule has 0 aromatic rings. The molecule has 4 nitrogen and oxygen atoms in total. The number of ether oxygens (including phenoxy) is 1. The van der Waals surface area contributed by atoms with Gasteiger partial charge in [0.25, 0.3) is 0 Å². The van der Waals surface area contributed by atoms with Crippen molar-refractivity contribution in [1.82, 2.24) is 4.90 Å². The molecule has 2 aliphatic rings. The quantitative estimate of drug-likeness (QED) is 0.834. The van der Waals surface area contributed by atoms with Crippen LogP contribution in [0.1, 0.15) is 39.0 Å². The number of carboxylic acid groups (broad SMARTS) is 1. The first-order valence-electron chi connectivity index (χ1n) is 7.20. The topological polar surface area (TPSA) is 49.8 Å². The first kappa shape index (κ1) is 13.8. The third-order valence-electron chi connectivity index (χ3n) is 4.61. The van der Waals surface area contributed by atoms with E-state index in [1.807, 2.05) is 0 Å². The van der Waals surface area contributed by atoms with Crippen molar-refractivity contribution < 1.29 is 14.6 Å². The van der Waals surface area contributed by atoms with Crippen molar-refractivity contribution in [1.29, 1.82) is 0 Å². The van der Waals surface area contributed by atoms with Crippen molar-refractivity contribution in [3.8, 4) is 0 Å². The van der Waals surface area contributed by atoms with Crippen LogP contribution in [0, 0.1) is 11.3 Å². The van der Waals surface area contributed by atoms with Crippen LogP contribution in [0.3, 0.4) is 0 Å². The Balaban J connectivity index is 1.98. The third kappa shape index (κ3) is 3.04. The van der Waals surface area contributed by atoms with Crippen LogP contribution in [0.2, 0.25) is 0 Å². The van der Waals surface area contributed by atoms with E-state index in [-0.39, 0.29) is 0 Å². The lowest BCUT2D eigenvalue weighted by Gasteiger charge is -2.40. The summed E-state index contributed by atoms with van der Waals surface area (Å²) in [5.41, 5.74) is -0.562. The van der Waals surface area contributed by atoms with Crippen LogP contribution in [0.25, 0.3) is 0 Å². The summed E-state index contributed by atoms with van der Waals surface area (Å²) in [5, 5.41) is 9.56. The highest BCUT2D eigenvalue weighted by atomic mass is 16.5. The molecule has 0 aromatic heterocycles. The number of piperidine rings is 1. The summed E-state index contributed by atoms with van der Waals surface area (Å²) in [4.78, 5) is 14.0. The zero-order valence-corrected chi connectivity index (χ0v) is 11.4. The molecule has 18 heavy (non-hydrogen) atoms. The van der Waals surface area contributed by atoms with Crippen LogP contribution in [-0.2, 0) is 9.53 Å². The minimum absolute atomic E-state index is 0.562. The molecule has 1 atom stereocenters.